The van der Waals surface area contributed by atoms with E-state index >= 15 is 0 Å². The van der Waals surface area contributed by atoms with Gasteiger partial charge in [-0.25, -0.2) is 0 Å². The molecule has 0 bridgehead atoms. The second kappa shape index (κ2) is 3.81. The van der Waals surface area contributed by atoms with Crippen LogP contribution in [-0.2, 0) is 12.8 Å². The number of aliphatic hydroxyl groups is 1. The van der Waals surface area contributed by atoms with Gasteiger partial charge in [0.05, 0.1) is 5.56 Å². The van der Waals surface area contributed by atoms with Gasteiger partial charge in [0.25, 0.3) is 0 Å². The van der Waals surface area contributed by atoms with Gasteiger partial charge in [-0.1, -0.05) is 6.92 Å². The van der Waals surface area contributed by atoms with Gasteiger partial charge in [-0.05, 0) is 12.8 Å². The Bertz CT molecular complexity index is 390. The smallest absolute Gasteiger partial charge is 0.167 e. The average Bonchev–Trinajstić information content (AvgIpc) is 2.55. The monoisotopic (exact) mass is 208 g/mol. The Morgan fingerprint density at radius 1 is 1.47 bits per heavy atom. The summed E-state index contributed by atoms with van der Waals surface area (Å²) in [4.78, 5) is 11.8. The van der Waals surface area contributed by atoms with Crippen LogP contribution in [0, 0.1) is 12.8 Å². The van der Waals surface area contributed by atoms with E-state index < -0.39 is 0 Å². The molecule has 1 unspecified atom stereocenters. The van der Waals surface area contributed by atoms with Gasteiger partial charge in [0.15, 0.2) is 5.78 Å². The Morgan fingerprint density at radius 2 is 2.20 bits per heavy atom. The van der Waals surface area contributed by atoms with Gasteiger partial charge < -0.3 is 9.52 Å². The molecule has 0 saturated carbocycles. The van der Waals surface area contributed by atoms with E-state index in [-0.39, 0.29) is 18.3 Å². The molecule has 0 radical (unpaired) electrons. The van der Waals surface area contributed by atoms with Gasteiger partial charge in [-0.2, -0.15) is 0 Å². The van der Waals surface area contributed by atoms with Crippen LogP contribution in [0.15, 0.2) is 4.42 Å². The van der Waals surface area contributed by atoms with Gasteiger partial charge in [0.2, 0.25) is 0 Å². The minimum absolute atomic E-state index is 0.0419. The van der Waals surface area contributed by atoms with Crippen molar-refractivity contribution in [3.63, 3.8) is 0 Å². The third kappa shape index (κ3) is 1.61. The highest BCUT2D eigenvalue weighted by atomic mass is 16.3. The van der Waals surface area contributed by atoms with Crippen LogP contribution in [0.1, 0.15) is 40.8 Å². The molecule has 0 aliphatic heterocycles. The van der Waals surface area contributed by atoms with Crippen molar-refractivity contribution >= 4 is 5.78 Å². The molecule has 1 atom stereocenters. The van der Waals surface area contributed by atoms with Crippen LogP contribution in [0.25, 0.3) is 0 Å². The molecule has 15 heavy (non-hydrogen) atoms. The lowest BCUT2D eigenvalue weighted by Gasteiger charge is -2.17. The first kappa shape index (κ1) is 10.4. The summed E-state index contributed by atoms with van der Waals surface area (Å²) in [6, 6.07) is 0. The standard InChI is InChI=1S/C12H16O3/c1-3-10-7(2)12-9(14)4-8(6-13)5-11(12)15-10/h8,13H,3-6H2,1-2H3. The molecule has 1 aliphatic rings. The van der Waals surface area contributed by atoms with Crippen molar-refractivity contribution in [3.05, 3.63) is 22.6 Å². The summed E-state index contributed by atoms with van der Waals surface area (Å²) in [5, 5.41) is 9.07. The number of ketones is 1. The molecule has 2 rings (SSSR count). The van der Waals surface area contributed by atoms with E-state index in [0.29, 0.717) is 12.8 Å². The fourth-order valence-corrected chi connectivity index (χ4v) is 2.30. The highest BCUT2D eigenvalue weighted by Gasteiger charge is 2.30. The van der Waals surface area contributed by atoms with E-state index in [1.807, 2.05) is 13.8 Å². The Morgan fingerprint density at radius 3 is 2.80 bits per heavy atom. The highest BCUT2D eigenvalue weighted by Crippen LogP contribution is 2.31. The quantitative estimate of drug-likeness (QED) is 0.807. The van der Waals surface area contributed by atoms with Crippen molar-refractivity contribution in [3.8, 4) is 0 Å². The first-order valence-corrected chi connectivity index (χ1v) is 5.42. The molecular weight excluding hydrogens is 192 g/mol. The molecule has 0 aromatic carbocycles. The molecule has 0 spiro atoms. The molecule has 1 heterocycles. The van der Waals surface area contributed by atoms with Gasteiger partial charge >= 0.3 is 0 Å². The van der Waals surface area contributed by atoms with E-state index in [0.717, 1.165) is 29.1 Å². The molecule has 1 aromatic heterocycles. The number of aliphatic hydroxyl groups excluding tert-OH is 1. The lowest BCUT2D eigenvalue weighted by atomic mass is 9.86. The van der Waals surface area contributed by atoms with Crippen LogP contribution >= 0.6 is 0 Å². The summed E-state index contributed by atoms with van der Waals surface area (Å²) in [7, 11) is 0. The lowest BCUT2D eigenvalue weighted by Crippen LogP contribution is -2.21. The van der Waals surface area contributed by atoms with E-state index in [1.54, 1.807) is 0 Å². The van der Waals surface area contributed by atoms with Crippen LogP contribution in [0.4, 0.5) is 0 Å². The Hall–Kier alpha value is -1.09. The van der Waals surface area contributed by atoms with Crippen molar-refractivity contribution in [1.29, 1.82) is 0 Å². The number of carbonyl (C=O) groups is 1. The van der Waals surface area contributed by atoms with Crippen molar-refractivity contribution in [2.45, 2.75) is 33.1 Å². The fraction of sp³-hybridized carbons (Fsp3) is 0.583. The molecule has 0 fully saturated rings. The van der Waals surface area contributed by atoms with Crippen LogP contribution in [0.5, 0.6) is 0 Å². The van der Waals surface area contributed by atoms with E-state index in [9.17, 15) is 4.79 Å². The van der Waals surface area contributed by atoms with Crippen LogP contribution in [0.2, 0.25) is 0 Å². The molecule has 1 aromatic rings. The maximum absolute atomic E-state index is 11.8. The van der Waals surface area contributed by atoms with Crippen LogP contribution < -0.4 is 0 Å². The predicted octanol–water partition coefficient (Wildman–Crippen LogP) is 1.89. The number of carbonyl (C=O) groups excluding carboxylic acids is 1. The average molecular weight is 208 g/mol. The van der Waals surface area contributed by atoms with Gasteiger partial charge in [0.1, 0.15) is 11.5 Å². The SMILES string of the molecule is CCc1oc2c(c1C)C(=O)CC(CO)C2. The van der Waals surface area contributed by atoms with Crippen LogP contribution in [0.3, 0.4) is 0 Å². The van der Waals surface area contributed by atoms with E-state index in [1.165, 1.54) is 0 Å². The second-order valence-electron chi connectivity index (χ2n) is 4.18. The molecule has 3 nitrogen and oxygen atoms in total. The maximum atomic E-state index is 11.8. The van der Waals surface area contributed by atoms with Crippen molar-refractivity contribution in [2.75, 3.05) is 6.61 Å². The van der Waals surface area contributed by atoms with Gasteiger partial charge in [-0.3, -0.25) is 4.79 Å². The van der Waals surface area contributed by atoms with Crippen molar-refractivity contribution in [1.82, 2.24) is 0 Å². The number of Topliss-reactive ketones (excluding diaryl/α,β-unsaturated/α-hetero) is 1. The topological polar surface area (TPSA) is 50.4 Å². The zero-order valence-corrected chi connectivity index (χ0v) is 9.17. The normalized spacial score (nSPS) is 20.5. The number of fused-ring (bicyclic) bond motifs is 1. The van der Waals surface area contributed by atoms with E-state index in [4.69, 9.17) is 9.52 Å². The lowest BCUT2D eigenvalue weighted by molar-refractivity contribution is 0.0910. The third-order valence-electron chi connectivity index (χ3n) is 3.12. The number of rotatable bonds is 2. The van der Waals surface area contributed by atoms with E-state index in [2.05, 4.69) is 0 Å². The summed E-state index contributed by atoms with van der Waals surface area (Å²) < 4.78 is 5.66. The number of aryl methyl sites for hydroxylation is 1. The molecule has 1 aliphatic carbocycles. The first-order valence-electron chi connectivity index (χ1n) is 5.42. The number of hydrogen-bond donors (Lipinski definition) is 1. The molecule has 82 valence electrons. The summed E-state index contributed by atoms with van der Waals surface area (Å²) >= 11 is 0. The molecular formula is C12H16O3. The third-order valence-corrected chi connectivity index (χ3v) is 3.12. The highest BCUT2D eigenvalue weighted by molar-refractivity contribution is 5.99. The summed E-state index contributed by atoms with van der Waals surface area (Å²) in [5.41, 5.74) is 1.77. The van der Waals surface area contributed by atoms with Gasteiger partial charge in [0, 0.05) is 31.4 Å². The van der Waals surface area contributed by atoms with Crippen molar-refractivity contribution < 1.29 is 14.3 Å². The van der Waals surface area contributed by atoms with Crippen molar-refractivity contribution in [2.24, 2.45) is 5.92 Å². The molecule has 1 N–H and O–H groups in total. The zero-order chi connectivity index (χ0) is 11.0. The summed E-state index contributed by atoms with van der Waals surface area (Å²) in [6.07, 6.45) is 1.96. The fourth-order valence-electron chi connectivity index (χ4n) is 2.30. The minimum atomic E-state index is 0.0419. The zero-order valence-electron chi connectivity index (χ0n) is 9.17. The number of hydrogen-bond acceptors (Lipinski definition) is 3. The maximum Gasteiger partial charge on any atom is 0.167 e. The predicted molar refractivity (Wildman–Crippen MR) is 56.1 cm³/mol. The van der Waals surface area contributed by atoms with Crippen LogP contribution in [-0.4, -0.2) is 17.5 Å². The molecule has 0 saturated heterocycles. The minimum Gasteiger partial charge on any atom is -0.465 e. The Kier molecular flexibility index (Phi) is 2.65. The second-order valence-corrected chi connectivity index (χ2v) is 4.18. The molecule has 0 amide bonds. The Balaban J connectivity index is 2.43. The molecule has 3 heteroatoms. The first-order chi connectivity index (χ1) is 7.17. The Labute approximate surface area is 89.1 Å². The number of furan rings is 1. The largest absolute Gasteiger partial charge is 0.465 e. The summed E-state index contributed by atoms with van der Waals surface area (Å²) in [5.74, 6) is 1.85. The van der Waals surface area contributed by atoms with Gasteiger partial charge in [-0.15, -0.1) is 0 Å². The summed E-state index contributed by atoms with van der Waals surface area (Å²) in [6.45, 7) is 4.02.